The summed E-state index contributed by atoms with van der Waals surface area (Å²) in [4.78, 5) is 16.2. The van der Waals surface area contributed by atoms with Crippen molar-refractivity contribution in [2.45, 2.75) is 25.9 Å². The number of nitrogens with one attached hydrogen (secondary N) is 1. The van der Waals surface area contributed by atoms with Crippen molar-refractivity contribution in [3.63, 3.8) is 0 Å². The first kappa shape index (κ1) is 19.5. The molecule has 1 N–H and O–H groups in total. The molecule has 0 aliphatic rings. The molecule has 3 aromatic rings. The van der Waals surface area contributed by atoms with Crippen LogP contribution in [0.1, 0.15) is 18.7 Å². The van der Waals surface area contributed by atoms with Gasteiger partial charge in [0, 0.05) is 6.54 Å². The summed E-state index contributed by atoms with van der Waals surface area (Å²) >= 11 is 0. The summed E-state index contributed by atoms with van der Waals surface area (Å²) < 4.78 is 13.3. The Morgan fingerprint density at radius 2 is 1.89 bits per heavy atom. The first-order valence-electron chi connectivity index (χ1n) is 9.33. The average Bonchev–Trinajstić information content (AvgIpc) is 3.09. The molecular formula is C22H25N3O3. The van der Waals surface area contributed by atoms with Crippen LogP contribution < -0.4 is 14.8 Å². The second kappa shape index (κ2) is 9.60. The van der Waals surface area contributed by atoms with Gasteiger partial charge in [0.2, 0.25) is 5.91 Å². The molecule has 0 bridgehead atoms. The third-order valence-corrected chi connectivity index (χ3v) is 4.44. The van der Waals surface area contributed by atoms with E-state index in [2.05, 4.69) is 21.4 Å². The summed E-state index contributed by atoms with van der Waals surface area (Å²) in [6.45, 7) is 5.26. The number of ether oxygens (including phenoxy) is 2. The van der Waals surface area contributed by atoms with E-state index in [0.29, 0.717) is 13.2 Å². The van der Waals surface area contributed by atoms with E-state index < -0.39 is 0 Å². The monoisotopic (exact) mass is 379 g/mol. The number of amides is 1. The van der Waals surface area contributed by atoms with Crippen LogP contribution in [0.5, 0.6) is 11.5 Å². The van der Waals surface area contributed by atoms with Crippen molar-refractivity contribution in [3.8, 4) is 11.5 Å². The second-order valence-electron chi connectivity index (χ2n) is 6.30. The van der Waals surface area contributed by atoms with Gasteiger partial charge in [-0.3, -0.25) is 4.79 Å². The molecular weight excluding hydrogens is 354 g/mol. The summed E-state index contributed by atoms with van der Waals surface area (Å²) in [5, 5.41) is 2.81. The van der Waals surface area contributed by atoms with Crippen LogP contribution >= 0.6 is 0 Å². The highest BCUT2D eigenvalue weighted by molar-refractivity contribution is 5.86. The number of methoxy groups -OCH3 is 1. The Balaban J connectivity index is 1.60. The average molecular weight is 379 g/mol. The largest absolute Gasteiger partial charge is 0.493 e. The summed E-state index contributed by atoms with van der Waals surface area (Å²) in [7, 11) is 1.64. The van der Waals surface area contributed by atoms with Crippen molar-refractivity contribution in [2.24, 2.45) is 0 Å². The number of aryl methyl sites for hydroxylation is 1. The van der Waals surface area contributed by atoms with Crippen LogP contribution in [0.2, 0.25) is 0 Å². The lowest BCUT2D eigenvalue weighted by atomic mass is 10.3. The zero-order chi connectivity index (χ0) is 19.8. The number of rotatable bonds is 10. The summed E-state index contributed by atoms with van der Waals surface area (Å²) in [6.07, 6.45) is 3.09. The van der Waals surface area contributed by atoms with E-state index in [1.54, 1.807) is 7.11 Å². The Kier molecular flexibility index (Phi) is 6.68. The van der Waals surface area contributed by atoms with E-state index in [9.17, 15) is 4.79 Å². The van der Waals surface area contributed by atoms with Gasteiger partial charge in [-0.05, 0) is 43.2 Å². The number of carbonyl (C=O) groups excluding carboxylic acids is 1. The molecule has 6 heteroatoms. The predicted octanol–water partition coefficient (Wildman–Crippen LogP) is 3.71. The van der Waals surface area contributed by atoms with Gasteiger partial charge in [0.05, 0.1) is 31.3 Å². The van der Waals surface area contributed by atoms with Crippen LogP contribution in [-0.4, -0.2) is 29.2 Å². The number of para-hydroxylation sites is 4. The first-order valence-corrected chi connectivity index (χ1v) is 9.33. The van der Waals surface area contributed by atoms with E-state index in [1.807, 2.05) is 48.5 Å². The highest BCUT2D eigenvalue weighted by atomic mass is 16.5. The van der Waals surface area contributed by atoms with Gasteiger partial charge in [-0.25, -0.2) is 4.98 Å². The van der Waals surface area contributed by atoms with E-state index in [-0.39, 0.29) is 5.91 Å². The molecule has 0 radical (unpaired) electrons. The molecule has 0 aliphatic heterocycles. The number of nitrogens with zero attached hydrogens (tertiary/aromatic N) is 2. The van der Waals surface area contributed by atoms with Crippen molar-refractivity contribution < 1.29 is 14.3 Å². The van der Waals surface area contributed by atoms with Gasteiger partial charge in [-0.1, -0.05) is 30.8 Å². The zero-order valence-corrected chi connectivity index (χ0v) is 16.1. The molecule has 28 heavy (non-hydrogen) atoms. The Morgan fingerprint density at radius 1 is 1.14 bits per heavy atom. The van der Waals surface area contributed by atoms with E-state index >= 15 is 0 Å². The number of fused-ring (bicyclic) bond motifs is 1. The molecule has 1 amide bonds. The normalized spacial score (nSPS) is 10.6. The van der Waals surface area contributed by atoms with E-state index in [1.165, 1.54) is 6.08 Å². The van der Waals surface area contributed by atoms with Crippen molar-refractivity contribution in [1.29, 1.82) is 0 Å². The lowest BCUT2D eigenvalue weighted by Crippen LogP contribution is -2.22. The van der Waals surface area contributed by atoms with E-state index in [0.717, 1.165) is 47.7 Å². The van der Waals surface area contributed by atoms with Crippen molar-refractivity contribution >= 4 is 16.9 Å². The maximum Gasteiger partial charge on any atom is 0.243 e. The molecule has 1 aromatic heterocycles. The number of imidazole rings is 1. The van der Waals surface area contributed by atoms with Gasteiger partial charge in [-0.15, -0.1) is 0 Å². The summed E-state index contributed by atoms with van der Waals surface area (Å²) in [5.41, 5.74) is 1.99. The smallest absolute Gasteiger partial charge is 0.243 e. The Hall–Kier alpha value is -3.28. The Bertz CT molecular complexity index is 949. The fourth-order valence-electron chi connectivity index (χ4n) is 3.04. The molecule has 1 heterocycles. The van der Waals surface area contributed by atoms with Crippen LogP contribution in [-0.2, 0) is 17.9 Å². The molecule has 146 valence electrons. The van der Waals surface area contributed by atoms with Gasteiger partial charge >= 0.3 is 0 Å². The standard InChI is InChI=1S/C22H25N3O3/c1-3-22(26)23-16-21-24-17-10-4-5-11-18(17)25(21)14-8-9-15-28-20-13-7-6-12-19(20)27-2/h3-7,10-13H,1,8-9,14-16H2,2H3,(H,23,26). The van der Waals surface area contributed by atoms with Crippen molar-refractivity contribution in [2.75, 3.05) is 13.7 Å². The van der Waals surface area contributed by atoms with Crippen molar-refractivity contribution in [3.05, 3.63) is 67.0 Å². The molecule has 3 rings (SSSR count). The molecule has 6 nitrogen and oxygen atoms in total. The molecule has 0 atom stereocenters. The summed E-state index contributed by atoms with van der Waals surface area (Å²) in [5.74, 6) is 2.13. The third kappa shape index (κ3) is 4.71. The van der Waals surface area contributed by atoms with Gasteiger partial charge in [-0.2, -0.15) is 0 Å². The first-order chi connectivity index (χ1) is 13.7. The summed E-state index contributed by atoms with van der Waals surface area (Å²) in [6, 6.07) is 15.6. The fourth-order valence-corrected chi connectivity index (χ4v) is 3.04. The second-order valence-corrected chi connectivity index (χ2v) is 6.30. The molecule has 0 unspecified atom stereocenters. The number of benzene rings is 2. The third-order valence-electron chi connectivity index (χ3n) is 4.44. The maximum absolute atomic E-state index is 11.5. The SMILES string of the molecule is C=CC(=O)NCc1nc2ccccc2n1CCCCOc1ccccc1OC. The topological polar surface area (TPSA) is 65.4 Å². The highest BCUT2D eigenvalue weighted by Crippen LogP contribution is 2.26. The maximum atomic E-state index is 11.5. The van der Waals surface area contributed by atoms with Gasteiger partial charge in [0.1, 0.15) is 5.82 Å². The highest BCUT2D eigenvalue weighted by Gasteiger charge is 2.11. The number of hydrogen-bond donors (Lipinski definition) is 1. The quantitative estimate of drug-likeness (QED) is 0.431. The van der Waals surface area contributed by atoms with Crippen LogP contribution in [0.3, 0.4) is 0 Å². The van der Waals surface area contributed by atoms with Crippen LogP contribution in [0.25, 0.3) is 11.0 Å². The molecule has 0 fully saturated rings. The number of hydrogen-bond acceptors (Lipinski definition) is 4. The van der Waals surface area contributed by atoms with Gasteiger partial charge in [0.15, 0.2) is 11.5 Å². The van der Waals surface area contributed by atoms with E-state index in [4.69, 9.17) is 9.47 Å². The zero-order valence-electron chi connectivity index (χ0n) is 16.1. The lowest BCUT2D eigenvalue weighted by molar-refractivity contribution is -0.116. The number of carbonyl (C=O) groups is 1. The Labute approximate surface area is 164 Å². The lowest BCUT2D eigenvalue weighted by Gasteiger charge is -2.12. The molecule has 0 aliphatic carbocycles. The van der Waals surface area contributed by atoms with Gasteiger partial charge < -0.3 is 19.4 Å². The van der Waals surface area contributed by atoms with Crippen molar-refractivity contribution in [1.82, 2.24) is 14.9 Å². The minimum Gasteiger partial charge on any atom is -0.493 e. The Morgan fingerprint density at radius 3 is 2.68 bits per heavy atom. The van der Waals surface area contributed by atoms with Crippen LogP contribution in [0.15, 0.2) is 61.2 Å². The fraction of sp³-hybridized carbons (Fsp3) is 0.273. The number of unbranched alkanes of at least 4 members (excludes halogenated alkanes) is 1. The van der Waals surface area contributed by atoms with Crippen LogP contribution in [0.4, 0.5) is 0 Å². The minimum atomic E-state index is -0.205. The molecule has 2 aromatic carbocycles. The predicted molar refractivity (Wildman–Crippen MR) is 109 cm³/mol. The molecule has 0 saturated carbocycles. The number of aromatic nitrogens is 2. The van der Waals surface area contributed by atoms with Gasteiger partial charge in [0.25, 0.3) is 0 Å². The minimum absolute atomic E-state index is 0.205. The molecule has 0 saturated heterocycles. The molecule has 0 spiro atoms. The van der Waals surface area contributed by atoms with Crippen LogP contribution in [0, 0.1) is 0 Å².